The molecule has 110 valence electrons. The molecule has 1 atom stereocenters. The number of carbonyl (C=O) groups is 1. The molecule has 0 aromatic carbocycles. The SMILES string of the molecule is CN1CCCCCC1C(=O)NC1(C)CCCCCC1. The third kappa shape index (κ3) is 4.20. The van der Waals surface area contributed by atoms with Gasteiger partial charge in [0.25, 0.3) is 0 Å². The summed E-state index contributed by atoms with van der Waals surface area (Å²) in [4.78, 5) is 14.8. The van der Waals surface area contributed by atoms with Crippen LogP contribution in [0.2, 0.25) is 0 Å². The fourth-order valence-corrected chi connectivity index (χ4v) is 3.60. The minimum Gasteiger partial charge on any atom is -0.350 e. The maximum Gasteiger partial charge on any atom is 0.237 e. The molecule has 1 aliphatic carbocycles. The van der Waals surface area contributed by atoms with E-state index in [0.29, 0.717) is 0 Å². The normalized spacial score (nSPS) is 29.3. The number of likely N-dealkylation sites (N-methyl/N-ethyl adjacent to an activating group) is 1. The van der Waals surface area contributed by atoms with E-state index in [-0.39, 0.29) is 17.5 Å². The Labute approximate surface area is 118 Å². The molecule has 2 fully saturated rings. The third-order valence-electron chi connectivity index (χ3n) is 4.96. The highest BCUT2D eigenvalue weighted by Crippen LogP contribution is 2.27. The molecule has 19 heavy (non-hydrogen) atoms. The van der Waals surface area contributed by atoms with Crippen LogP contribution >= 0.6 is 0 Å². The Morgan fingerprint density at radius 3 is 2.37 bits per heavy atom. The second-order valence-corrected chi connectivity index (χ2v) is 6.81. The van der Waals surface area contributed by atoms with Gasteiger partial charge in [0, 0.05) is 5.54 Å². The van der Waals surface area contributed by atoms with E-state index >= 15 is 0 Å². The average molecular weight is 266 g/mol. The fourth-order valence-electron chi connectivity index (χ4n) is 3.60. The van der Waals surface area contributed by atoms with E-state index in [2.05, 4.69) is 24.2 Å². The largest absolute Gasteiger partial charge is 0.350 e. The fraction of sp³-hybridized carbons (Fsp3) is 0.938. The van der Waals surface area contributed by atoms with E-state index in [1.165, 1.54) is 44.9 Å². The minimum absolute atomic E-state index is 0.0424. The molecule has 1 N–H and O–H groups in total. The first-order valence-electron chi connectivity index (χ1n) is 8.13. The van der Waals surface area contributed by atoms with E-state index in [1.54, 1.807) is 0 Å². The highest BCUT2D eigenvalue weighted by molar-refractivity contribution is 5.82. The number of likely N-dealkylation sites (tertiary alicyclic amines) is 1. The summed E-state index contributed by atoms with van der Waals surface area (Å²) < 4.78 is 0. The number of hydrogen-bond acceptors (Lipinski definition) is 2. The summed E-state index contributed by atoms with van der Waals surface area (Å²) in [5.41, 5.74) is 0.0424. The van der Waals surface area contributed by atoms with Gasteiger partial charge >= 0.3 is 0 Å². The summed E-state index contributed by atoms with van der Waals surface area (Å²) in [6.45, 7) is 3.31. The molecule has 3 heteroatoms. The van der Waals surface area contributed by atoms with Gasteiger partial charge in [-0.1, -0.05) is 38.5 Å². The van der Waals surface area contributed by atoms with Crippen LogP contribution in [0, 0.1) is 0 Å². The summed E-state index contributed by atoms with van der Waals surface area (Å²) >= 11 is 0. The lowest BCUT2D eigenvalue weighted by Crippen LogP contribution is -2.53. The van der Waals surface area contributed by atoms with Gasteiger partial charge in [0.2, 0.25) is 5.91 Å². The standard InChI is InChI=1S/C16H30N2O/c1-16(11-7-3-4-8-12-16)17-15(19)14-10-6-5-9-13-18(14)2/h14H,3-13H2,1-2H3,(H,17,19). The van der Waals surface area contributed by atoms with Crippen LogP contribution in [0.3, 0.4) is 0 Å². The average Bonchev–Trinajstić information content (AvgIpc) is 2.69. The number of nitrogens with one attached hydrogen (secondary N) is 1. The van der Waals surface area contributed by atoms with Gasteiger partial charge in [0.05, 0.1) is 6.04 Å². The van der Waals surface area contributed by atoms with Crippen LogP contribution in [0.25, 0.3) is 0 Å². The minimum atomic E-state index is 0.0424. The van der Waals surface area contributed by atoms with Gasteiger partial charge in [-0.05, 0) is 46.2 Å². The van der Waals surface area contributed by atoms with Gasteiger partial charge in [0.15, 0.2) is 0 Å². The van der Waals surface area contributed by atoms with Gasteiger partial charge in [-0.3, -0.25) is 9.69 Å². The molecule has 2 aliphatic rings. The van der Waals surface area contributed by atoms with Crippen LogP contribution in [0.1, 0.15) is 71.1 Å². The predicted molar refractivity (Wildman–Crippen MR) is 79.1 cm³/mol. The Kier molecular flexibility index (Phi) is 5.26. The molecule has 2 rings (SSSR count). The molecule has 1 saturated heterocycles. The van der Waals surface area contributed by atoms with Crippen molar-refractivity contribution in [2.75, 3.05) is 13.6 Å². The summed E-state index contributed by atoms with van der Waals surface area (Å²) in [6.07, 6.45) is 12.2. The molecular formula is C16H30N2O. The second-order valence-electron chi connectivity index (χ2n) is 6.81. The first-order valence-corrected chi connectivity index (χ1v) is 8.13. The molecule has 0 aromatic heterocycles. The lowest BCUT2D eigenvalue weighted by atomic mass is 9.92. The molecule has 0 spiro atoms. The Bertz CT molecular complexity index is 295. The van der Waals surface area contributed by atoms with Gasteiger partial charge in [-0.15, -0.1) is 0 Å². The molecular weight excluding hydrogens is 236 g/mol. The van der Waals surface area contributed by atoms with Crippen LogP contribution < -0.4 is 5.32 Å². The van der Waals surface area contributed by atoms with Crippen molar-refractivity contribution in [2.24, 2.45) is 0 Å². The number of nitrogens with zero attached hydrogens (tertiary/aromatic N) is 1. The van der Waals surface area contributed by atoms with E-state index in [9.17, 15) is 4.79 Å². The summed E-state index contributed by atoms with van der Waals surface area (Å²) in [5.74, 6) is 0.272. The number of amides is 1. The zero-order chi connectivity index (χ0) is 13.7. The molecule has 1 amide bonds. The summed E-state index contributed by atoms with van der Waals surface area (Å²) in [5, 5.41) is 3.38. The Morgan fingerprint density at radius 2 is 1.68 bits per heavy atom. The Hall–Kier alpha value is -0.570. The smallest absolute Gasteiger partial charge is 0.237 e. The highest BCUT2D eigenvalue weighted by atomic mass is 16.2. The van der Waals surface area contributed by atoms with Crippen LogP contribution in [0.4, 0.5) is 0 Å². The van der Waals surface area contributed by atoms with E-state index < -0.39 is 0 Å². The first-order chi connectivity index (χ1) is 9.11. The lowest BCUT2D eigenvalue weighted by molar-refractivity contribution is -0.128. The first kappa shape index (κ1) is 14.8. The third-order valence-corrected chi connectivity index (χ3v) is 4.96. The van der Waals surface area contributed by atoms with Crippen LogP contribution in [0.5, 0.6) is 0 Å². The maximum absolute atomic E-state index is 12.6. The quantitative estimate of drug-likeness (QED) is 0.779. The van der Waals surface area contributed by atoms with Crippen molar-refractivity contribution >= 4 is 5.91 Å². The molecule has 1 aliphatic heterocycles. The highest BCUT2D eigenvalue weighted by Gasteiger charge is 2.32. The zero-order valence-corrected chi connectivity index (χ0v) is 12.7. The Morgan fingerprint density at radius 1 is 1.05 bits per heavy atom. The molecule has 1 heterocycles. The van der Waals surface area contributed by atoms with Gasteiger partial charge in [0.1, 0.15) is 0 Å². The van der Waals surface area contributed by atoms with Crippen molar-refractivity contribution in [1.29, 1.82) is 0 Å². The second kappa shape index (κ2) is 6.74. The maximum atomic E-state index is 12.6. The van der Waals surface area contributed by atoms with E-state index in [4.69, 9.17) is 0 Å². The molecule has 0 aromatic rings. The van der Waals surface area contributed by atoms with E-state index in [1.807, 2.05) is 0 Å². The summed E-state index contributed by atoms with van der Waals surface area (Å²) in [6, 6.07) is 0.0996. The molecule has 0 radical (unpaired) electrons. The Balaban J connectivity index is 1.94. The zero-order valence-electron chi connectivity index (χ0n) is 12.7. The number of carbonyl (C=O) groups excluding carboxylic acids is 1. The molecule has 1 saturated carbocycles. The van der Waals surface area contributed by atoms with E-state index in [0.717, 1.165) is 25.8 Å². The van der Waals surface area contributed by atoms with Gasteiger partial charge < -0.3 is 5.32 Å². The lowest BCUT2D eigenvalue weighted by Gasteiger charge is -2.33. The molecule has 0 bridgehead atoms. The van der Waals surface area contributed by atoms with Crippen molar-refractivity contribution < 1.29 is 4.79 Å². The van der Waals surface area contributed by atoms with Crippen molar-refractivity contribution in [3.05, 3.63) is 0 Å². The monoisotopic (exact) mass is 266 g/mol. The number of hydrogen-bond donors (Lipinski definition) is 1. The van der Waals surface area contributed by atoms with Crippen molar-refractivity contribution in [3.8, 4) is 0 Å². The van der Waals surface area contributed by atoms with Crippen molar-refractivity contribution in [1.82, 2.24) is 10.2 Å². The van der Waals surface area contributed by atoms with Gasteiger partial charge in [-0.2, -0.15) is 0 Å². The van der Waals surface area contributed by atoms with Crippen LogP contribution in [-0.4, -0.2) is 36.0 Å². The van der Waals surface area contributed by atoms with Gasteiger partial charge in [-0.25, -0.2) is 0 Å². The molecule has 1 unspecified atom stereocenters. The van der Waals surface area contributed by atoms with Crippen molar-refractivity contribution in [3.63, 3.8) is 0 Å². The van der Waals surface area contributed by atoms with Crippen molar-refractivity contribution in [2.45, 2.75) is 82.7 Å². The predicted octanol–water partition coefficient (Wildman–Crippen LogP) is 3.09. The number of rotatable bonds is 2. The molecule has 3 nitrogen and oxygen atoms in total. The van der Waals surface area contributed by atoms with Crippen LogP contribution in [-0.2, 0) is 4.79 Å². The topological polar surface area (TPSA) is 32.3 Å². The summed E-state index contributed by atoms with van der Waals surface area (Å²) in [7, 11) is 2.10. The van der Waals surface area contributed by atoms with Crippen LogP contribution in [0.15, 0.2) is 0 Å².